The number of aliphatic hydroxyl groups excluding tert-OH is 1. The van der Waals surface area contributed by atoms with Crippen LogP contribution in [0.2, 0.25) is 0 Å². The van der Waals surface area contributed by atoms with Crippen LogP contribution in [0.25, 0.3) is 0 Å². The Kier molecular flexibility index (Phi) is 3.84. The third kappa shape index (κ3) is 3.06. The number of likely N-dealkylation sites (tertiary alicyclic amines) is 1. The van der Waals surface area contributed by atoms with Crippen molar-refractivity contribution in [2.45, 2.75) is 37.8 Å². The minimum Gasteiger partial charge on any atom is -0.448 e. The third-order valence-electron chi connectivity index (χ3n) is 4.73. The number of rotatable bonds is 4. The van der Waals surface area contributed by atoms with Crippen molar-refractivity contribution >= 4 is 5.91 Å². The van der Waals surface area contributed by atoms with Crippen molar-refractivity contribution in [3.8, 4) is 0 Å². The zero-order valence-electron chi connectivity index (χ0n) is 13.2. The number of benzene rings is 1. The molecule has 1 aromatic heterocycles. The zero-order chi connectivity index (χ0) is 16.7. The third-order valence-corrected chi connectivity index (χ3v) is 4.73. The summed E-state index contributed by atoms with van der Waals surface area (Å²) in [7, 11) is 0. The number of oxazole rings is 1. The Morgan fingerprint density at radius 3 is 2.79 bits per heavy atom. The highest BCUT2D eigenvalue weighted by atomic mass is 19.1. The number of β-amino-alcohol motifs (C(OH)–C–C–N with tert-alkyl or cyclic N) is 1. The molecule has 1 aliphatic heterocycles. The first-order chi connectivity index (χ1) is 11.6. The van der Waals surface area contributed by atoms with Crippen LogP contribution in [0.3, 0.4) is 0 Å². The molecule has 5 nitrogen and oxygen atoms in total. The maximum absolute atomic E-state index is 13.1. The molecule has 2 aromatic rings. The molecular weight excluding hydrogens is 311 g/mol. The summed E-state index contributed by atoms with van der Waals surface area (Å²) < 4.78 is 18.5. The largest absolute Gasteiger partial charge is 0.448 e. The number of amides is 1. The Balaban J connectivity index is 1.54. The highest BCUT2D eigenvalue weighted by Gasteiger charge is 2.37. The van der Waals surface area contributed by atoms with Gasteiger partial charge in [0, 0.05) is 13.0 Å². The van der Waals surface area contributed by atoms with Gasteiger partial charge in [0.25, 0.3) is 5.91 Å². The average Bonchev–Trinajstić information content (AvgIpc) is 3.11. The molecule has 2 unspecified atom stereocenters. The minimum absolute atomic E-state index is 0.242. The molecule has 24 heavy (non-hydrogen) atoms. The van der Waals surface area contributed by atoms with Gasteiger partial charge in [0.05, 0.1) is 12.1 Å². The Morgan fingerprint density at radius 2 is 2.08 bits per heavy atom. The highest BCUT2D eigenvalue weighted by Crippen LogP contribution is 2.34. The molecule has 2 heterocycles. The van der Waals surface area contributed by atoms with Gasteiger partial charge >= 0.3 is 0 Å². The lowest BCUT2D eigenvalue weighted by Crippen LogP contribution is -2.32. The number of carbonyl (C=O) groups excluding carboxylic acids is 1. The monoisotopic (exact) mass is 330 g/mol. The quantitative estimate of drug-likeness (QED) is 0.936. The average molecular weight is 330 g/mol. The van der Waals surface area contributed by atoms with Gasteiger partial charge in [-0.05, 0) is 42.9 Å². The topological polar surface area (TPSA) is 66.6 Å². The van der Waals surface area contributed by atoms with Crippen LogP contribution in [0.5, 0.6) is 0 Å². The van der Waals surface area contributed by atoms with Crippen molar-refractivity contribution in [2.75, 3.05) is 6.54 Å². The summed E-state index contributed by atoms with van der Waals surface area (Å²) in [6.45, 7) is 0.242. The first-order valence-corrected chi connectivity index (χ1v) is 8.29. The number of nitrogens with zero attached hydrogens (tertiary/aromatic N) is 2. The predicted molar refractivity (Wildman–Crippen MR) is 83.7 cm³/mol. The van der Waals surface area contributed by atoms with E-state index in [0.29, 0.717) is 18.2 Å². The SMILES string of the molecule is O=C(c1coc(CC2CC2)n1)N1CC(O)CC1c1ccc(F)cc1. The van der Waals surface area contributed by atoms with Crippen molar-refractivity contribution < 1.29 is 18.7 Å². The lowest BCUT2D eigenvalue weighted by atomic mass is 10.0. The van der Waals surface area contributed by atoms with Crippen molar-refractivity contribution in [1.29, 1.82) is 0 Å². The molecule has 1 N–H and O–H groups in total. The summed E-state index contributed by atoms with van der Waals surface area (Å²) in [6.07, 6.45) is 4.39. The summed E-state index contributed by atoms with van der Waals surface area (Å²) in [6, 6.07) is 5.76. The van der Waals surface area contributed by atoms with Crippen molar-refractivity contribution in [2.24, 2.45) is 5.92 Å². The smallest absolute Gasteiger partial charge is 0.276 e. The van der Waals surface area contributed by atoms with Gasteiger partial charge < -0.3 is 14.4 Å². The van der Waals surface area contributed by atoms with E-state index in [-0.39, 0.29) is 30.0 Å². The van der Waals surface area contributed by atoms with E-state index in [1.165, 1.54) is 31.2 Å². The number of carbonyl (C=O) groups is 1. The number of halogens is 1. The molecule has 1 saturated heterocycles. The Morgan fingerprint density at radius 1 is 1.33 bits per heavy atom. The molecule has 0 radical (unpaired) electrons. The normalized spacial score (nSPS) is 23.7. The maximum Gasteiger partial charge on any atom is 0.276 e. The van der Waals surface area contributed by atoms with Gasteiger partial charge in [-0.25, -0.2) is 9.37 Å². The van der Waals surface area contributed by atoms with Crippen LogP contribution in [0, 0.1) is 11.7 Å². The summed E-state index contributed by atoms with van der Waals surface area (Å²) in [5, 5.41) is 10.0. The van der Waals surface area contributed by atoms with Gasteiger partial charge in [-0.15, -0.1) is 0 Å². The maximum atomic E-state index is 13.1. The highest BCUT2D eigenvalue weighted by molar-refractivity contribution is 5.92. The fraction of sp³-hybridized carbons (Fsp3) is 0.444. The summed E-state index contributed by atoms with van der Waals surface area (Å²) >= 11 is 0. The Labute approximate surface area is 139 Å². The van der Waals surface area contributed by atoms with Crippen LogP contribution in [0.4, 0.5) is 4.39 Å². The fourth-order valence-corrected chi connectivity index (χ4v) is 3.26. The molecule has 2 atom stereocenters. The van der Waals surface area contributed by atoms with E-state index < -0.39 is 6.10 Å². The molecule has 1 saturated carbocycles. The van der Waals surface area contributed by atoms with E-state index in [9.17, 15) is 14.3 Å². The standard InChI is InChI=1S/C18H19FN2O3/c19-13-5-3-12(4-6-13)16-8-14(22)9-21(16)18(23)15-10-24-17(20-15)7-11-1-2-11/h3-6,10-11,14,16,22H,1-2,7-9H2. The second-order valence-corrected chi connectivity index (χ2v) is 6.69. The zero-order valence-corrected chi connectivity index (χ0v) is 13.2. The molecule has 2 aliphatic rings. The van der Waals surface area contributed by atoms with E-state index in [4.69, 9.17) is 4.42 Å². The van der Waals surface area contributed by atoms with Crippen LogP contribution in [0.15, 0.2) is 34.9 Å². The van der Waals surface area contributed by atoms with Crippen LogP contribution in [-0.2, 0) is 6.42 Å². The summed E-state index contributed by atoms with van der Waals surface area (Å²) in [5.74, 6) is 0.647. The van der Waals surface area contributed by atoms with Crippen molar-refractivity contribution in [3.63, 3.8) is 0 Å². The van der Waals surface area contributed by atoms with Crippen LogP contribution < -0.4 is 0 Å². The lowest BCUT2D eigenvalue weighted by molar-refractivity contribution is 0.0709. The van der Waals surface area contributed by atoms with E-state index >= 15 is 0 Å². The second kappa shape index (κ2) is 6.02. The number of hydrogen-bond acceptors (Lipinski definition) is 4. The molecule has 126 valence electrons. The van der Waals surface area contributed by atoms with E-state index in [1.807, 2.05) is 0 Å². The molecule has 1 aromatic carbocycles. The van der Waals surface area contributed by atoms with Crippen LogP contribution >= 0.6 is 0 Å². The van der Waals surface area contributed by atoms with Gasteiger partial charge in [-0.2, -0.15) is 0 Å². The number of aromatic nitrogens is 1. The molecule has 2 fully saturated rings. The van der Waals surface area contributed by atoms with Gasteiger partial charge in [0.1, 0.15) is 12.1 Å². The summed E-state index contributed by atoms with van der Waals surface area (Å²) in [5.41, 5.74) is 1.08. The van der Waals surface area contributed by atoms with Gasteiger partial charge in [0.15, 0.2) is 11.6 Å². The first-order valence-electron chi connectivity index (χ1n) is 8.29. The molecule has 6 heteroatoms. The van der Waals surface area contributed by atoms with E-state index in [0.717, 1.165) is 12.0 Å². The van der Waals surface area contributed by atoms with Gasteiger partial charge in [0.2, 0.25) is 0 Å². The first kappa shape index (κ1) is 15.3. The Hall–Kier alpha value is -2.21. The van der Waals surface area contributed by atoms with E-state index in [1.54, 1.807) is 17.0 Å². The van der Waals surface area contributed by atoms with Gasteiger partial charge in [-0.1, -0.05) is 12.1 Å². The van der Waals surface area contributed by atoms with Crippen LogP contribution in [-0.4, -0.2) is 33.5 Å². The lowest BCUT2D eigenvalue weighted by Gasteiger charge is -2.23. The minimum atomic E-state index is -0.596. The molecule has 1 amide bonds. The second-order valence-electron chi connectivity index (χ2n) is 6.69. The van der Waals surface area contributed by atoms with E-state index in [2.05, 4.69) is 4.98 Å². The molecular formula is C18H19FN2O3. The molecule has 4 rings (SSSR count). The number of hydrogen-bond donors (Lipinski definition) is 1. The van der Waals surface area contributed by atoms with Gasteiger partial charge in [-0.3, -0.25) is 4.79 Å². The predicted octanol–water partition coefficient (Wildman–Crippen LogP) is 2.71. The molecule has 1 aliphatic carbocycles. The molecule has 0 spiro atoms. The number of aliphatic hydroxyl groups is 1. The van der Waals surface area contributed by atoms with Crippen LogP contribution in [0.1, 0.15) is 47.2 Å². The Bertz CT molecular complexity index is 739. The fourth-order valence-electron chi connectivity index (χ4n) is 3.26. The molecule has 0 bridgehead atoms. The summed E-state index contributed by atoms with van der Waals surface area (Å²) in [4.78, 5) is 18.7. The van der Waals surface area contributed by atoms with Crippen molar-refractivity contribution in [1.82, 2.24) is 9.88 Å². The van der Waals surface area contributed by atoms with Crippen molar-refractivity contribution in [3.05, 3.63) is 53.5 Å².